The van der Waals surface area contributed by atoms with Gasteiger partial charge in [0, 0.05) is 13.1 Å². The molecular formula is C18H29NO2. The van der Waals surface area contributed by atoms with Gasteiger partial charge in [-0.2, -0.15) is 0 Å². The summed E-state index contributed by atoms with van der Waals surface area (Å²) >= 11 is 0. The zero-order valence-corrected chi connectivity index (χ0v) is 13.5. The van der Waals surface area contributed by atoms with Crippen LogP contribution >= 0.6 is 0 Å². The number of ether oxygens (including phenoxy) is 2. The van der Waals surface area contributed by atoms with Crippen molar-refractivity contribution in [2.24, 2.45) is 0 Å². The molecule has 0 aliphatic carbocycles. The number of nitrogens with zero attached hydrogens (tertiary/aromatic N) is 1. The Morgan fingerprint density at radius 1 is 1.14 bits per heavy atom. The van der Waals surface area contributed by atoms with Crippen LogP contribution < -0.4 is 4.74 Å². The summed E-state index contributed by atoms with van der Waals surface area (Å²) in [4.78, 5) is 2.48. The highest BCUT2D eigenvalue weighted by Crippen LogP contribution is 2.21. The molecule has 0 bridgehead atoms. The van der Waals surface area contributed by atoms with E-state index in [9.17, 15) is 0 Å². The highest BCUT2D eigenvalue weighted by atomic mass is 16.5. The fourth-order valence-electron chi connectivity index (χ4n) is 2.58. The molecule has 0 saturated carbocycles. The Balaban J connectivity index is 1.59. The van der Waals surface area contributed by atoms with Gasteiger partial charge in [-0.1, -0.05) is 26.0 Å². The molecule has 0 radical (unpaired) electrons. The lowest BCUT2D eigenvalue weighted by atomic mass is 9.99. The van der Waals surface area contributed by atoms with E-state index >= 15 is 0 Å². The molecule has 3 nitrogen and oxygen atoms in total. The van der Waals surface area contributed by atoms with Crippen LogP contribution in [0.25, 0.3) is 0 Å². The van der Waals surface area contributed by atoms with Crippen molar-refractivity contribution in [1.29, 1.82) is 0 Å². The van der Waals surface area contributed by atoms with Crippen molar-refractivity contribution in [3.05, 3.63) is 29.8 Å². The first kappa shape index (κ1) is 16.3. The van der Waals surface area contributed by atoms with Gasteiger partial charge in [-0.25, -0.2) is 0 Å². The molecule has 1 aromatic carbocycles. The van der Waals surface area contributed by atoms with Gasteiger partial charge in [0.05, 0.1) is 19.8 Å². The van der Waals surface area contributed by atoms with Crippen molar-refractivity contribution in [3.63, 3.8) is 0 Å². The molecule has 1 aromatic rings. The van der Waals surface area contributed by atoms with E-state index in [1.807, 2.05) is 0 Å². The zero-order valence-electron chi connectivity index (χ0n) is 13.5. The lowest BCUT2D eigenvalue weighted by Gasteiger charge is -2.26. The Kier molecular flexibility index (Phi) is 7.04. The standard InChI is InChI=1S/C18H29NO2/c1-3-16(2)17-6-8-18(9-7-17)21-13-5-4-10-19-11-14-20-15-12-19/h6-9,16H,3-5,10-15H2,1-2H3/t16-/m1/s1. The third kappa shape index (κ3) is 5.68. The van der Waals surface area contributed by atoms with Gasteiger partial charge in [-0.05, 0) is 49.4 Å². The maximum absolute atomic E-state index is 5.82. The molecule has 1 aliphatic rings. The van der Waals surface area contributed by atoms with Gasteiger partial charge in [-0.15, -0.1) is 0 Å². The fraction of sp³-hybridized carbons (Fsp3) is 0.667. The minimum absolute atomic E-state index is 0.632. The average Bonchev–Trinajstić information content (AvgIpc) is 2.55. The number of morpholine rings is 1. The average molecular weight is 291 g/mol. The Hall–Kier alpha value is -1.06. The molecule has 1 aliphatic heterocycles. The summed E-state index contributed by atoms with van der Waals surface area (Å²) in [5.74, 6) is 1.63. The van der Waals surface area contributed by atoms with Crippen LogP contribution in [0.5, 0.6) is 5.75 Å². The highest BCUT2D eigenvalue weighted by molar-refractivity contribution is 5.29. The summed E-state index contributed by atoms with van der Waals surface area (Å²) in [6, 6.07) is 8.58. The summed E-state index contributed by atoms with van der Waals surface area (Å²) in [7, 11) is 0. The number of benzene rings is 1. The van der Waals surface area contributed by atoms with Crippen LogP contribution in [0.15, 0.2) is 24.3 Å². The van der Waals surface area contributed by atoms with Crippen LogP contribution in [-0.4, -0.2) is 44.4 Å². The lowest BCUT2D eigenvalue weighted by molar-refractivity contribution is 0.0368. The number of hydrogen-bond donors (Lipinski definition) is 0. The van der Waals surface area contributed by atoms with Crippen LogP contribution in [0.2, 0.25) is 0 Å². The molecule has 0 N–H and O–H groups in total. The molecule has 3 heteroatoms. The first-order valence-corrected chi connectivity index (χ1v) is 8.32. The second-order valence-corrected chi connectivity index (χ2v) is 5.89. The van der Waals surface area contributed by atoms with Crippen LogP contribution in [0.3, 0.4) is 0 Å². The van der Waals surface area contributed by atoms with E-state index in [-0.39, 0.29) is 0 Å². The Bertz CT molecular complexity index is 385. The van der Waals surface area contributed by atoms with Crippen LogP contribution in [0, 0.1) is 0 Å². The van der Waals surface area contributed by atoms with E-state index in [0.717, 1.165) is 45.1 Å². The maximum atomic E-state index is 5.82. The third-order valence-corrected chi connectivity index (χ3v) is 4.30. The third-order valence-electron chi connectivity index (χ3n) is 4.30. The normalized spacial score (nSPS) is 17.6. The highest BCUT2D eigenvalue weighted by Gasteiger charge is 2.09. The fourth-order valence-corrected chi connectivity index (χ4v) is 2.58. The summed E-state index contributed by atoms with van der Waals surface area (Å²) < 4.78 is 11.2. The molecule has 1 fully saturated rings. The van der Waals surface area contributed by atoms with Crippen LogP contribution in [0.4, 0.5) is 0 Å². The first-order valence-electron chi connectivity index (χ1n) is 8.32. The van der Waals surface area contributed by atoms with E-state index in [1.54, 1.807) is 0 Å². The monoisotopic (exact) mass is 291 g/mol. The molecule has 0 amide bonds. The lowest BCUT2D eigenvalue weighted by Crippen LogP contribution is -2.36. The van der Waals surface area contributed by atoms with E-state index in [2.05, 4.69) is 43.0 Å². The molecule has 1 saturated heterocycles. The van der Waals surface area contributed by atoms with E-state index in [4.69, 9.17) is 9.47 Å². The van der Waals surface area contributed by atoms with E-state index < -0.39 is 0 Å². The molecule has 0 spiro atoms. The minimum atomic E-state index is 0.632. The van der Waals surface area contributed by atoms with Gasteiger partial charge in [0.25, 0.3) is 0 Å². The maximum Gasteiger partial charge on any atom is 0.119 e. The smallest absolute Gasteiger partial charge is 0.119 e. The Morgan fingerprint density at radius 2 is 1.86 bits per heavy atom. The topological polar surface area (TPSA) is 21.7 Å². The number of rotatable bonds is 8. The van der Waals surface area contributed by atoms with Crippen molar-refractivity contribution in [3.8, 4) is 5.75 Å². The quantitative estimate of drug-likeness (QED) is 0.682. The van der Waals surface area contributed by atoms with E-state index in [0.29, 0.717) is 5.92 Å². The largest absolute Gasteiger partial charge is 0.494 e. The number of hydrogen-bond acceptors (Lipinski definition) is 3. The molecular weight excluding hydrogens is 262 g/mol. The van der Waals surface area contributed by atoms with Crippen LogP contribution in [0.1, 0.15) is 44.6 Å². The number of unbranched alkanes of at least 4 members (excludes halogenated alkanes) is 1. The predicted octanol–water partition coefficient (Wildman–Crippen LogP) is 3.69. The molecule has 21 heavy (non-hydrogen) atoms. The van der Waals surface area contributed by atoms with Crippen molar-refractivity contribution < 1.29 is 9.47 Å². The van der Waals surface area contributed by atoms with Gasteiger partial charge >= 0.3 is 0 Å². The van der Waals surface area contributed by atoms with Crippen molar-refractivity contribution in [1.82, 2.24) is 4.90 Å². The van der Waals surface area contributed by atoms with Gasteiger partial charge in [0.1, 0.15) is 5.75 Å². The molecule has 1 heterocycles. The molecule has 1 atom stereocenters. The molecule has 2 rings (SSSR count). The Morgan fingerprint density at radius 3 is 2.52 bits per heavy atom. The zero-order chi connectivity index (χ0) is 14.9. The van der Waals surface area contributed by atoms with Crippen molar-refractivity contribution in [2.75, 3.05) is 39.5 Å². The second kappa shape index (κ2) is 9.06. The second-order valence-electron chi connectivity index (χ2n) is 5.89. The van der Waals surface area contributed by atoms with Gasteiger partial charge in [-0.3, -0.25) is 4.90 Å². The summed E-state index contributed by atoms with van der Waals surface area (Å²) in [6.45, 7) is 10.4. The van der Waals surface area contributed by atoms with E-state index in [1.165, 1.54) is 24.9 Å². The minimum Gasteiger partial charge on any atom is -0.494 e. The molecule has 118 valence electrons. The summed E-state index contributed by atoms with van der Waals surface area (Å²) in [6.07, 6.45) is 3.50. The van der Waals surface area contributed by atoms with Gasteiger partial charge in [0.2, 0.25) is 0 Å². The molecule has 0 unspecified atom stereocenters. The Labute approximate surface area is 129 Å². The van der Waals surface area contributed by atoms with Crippen molar-refractivity contribution >= 4 is 0 Å². The summed E-state index contributed by atoms with van der Waals surface area (Å²) in [5, 5.41) is 0. The van der Waals surface area contributed by atoms with Gasteiger partial charge < -0.3 is 9.47 Å². The SMILES string of the molecule is CC[C@@H](C)c1ccc(OCCCCN2CCOCC2)cc1. The van der Waals surface area contributed by atoms with Crippen LogP contribution in [-0.2, 0) is 4.74 Å². The molecule has 0 aromatic heterocycles. The van der Waals surface area contributed by atoms with Crippen molar-refractivity contribution in [2.45, 2.75) is 39.0 Å². The first-order chi connectivity index (χ1) is 10.3. The summed E-state index contributed by atoms with van der Waals surface area (Å²) in [5.41, 5.74) is 1.40. The van der Waals surface area contributed by atoms with Gasteiger partial charge in [0.15, 0.2) is 0 Å². The predicted molar refractivity (Wildman–Crippen MR) is 87.1 cm³/mol.